The minimum Gasteiger partial charge on any atom is -0.454 e. The Morgan fingerprint density at radius 3 is 2.86 bits per heavy atom. The summed E-state index contributed by atoms with van der Waals surface area (Å²) in [5.41, 5.74) is 4.22. The van der Waals surface area contributed by atoms with Gasteiger partial charge in [-0.2, -0.15) is 0 Å². The van der Waals surface area contributed by atoms with Gasteiger partial charge in [0.05, 0.1) is 6.61 Å². The van der Waals surface area contributed by atoms with Crippen molar-refractivity contribution in [2.45, 2.75) is 20.0 Å². The smallest absolute Gasteiger partial charge is 0.303 e. The van der Waals surface area contributed by atoms with Crippen molar-refractivity contribution in [1.29, 1.82) is 0 Å². The molecule has 1 heterocycles. The average Bonchev–Trinajstić information content (AvgIpc) is 2.93. The molecular formula is C16H18O5. The highest BCUT2D eigenvalue weighted by Crippen LogP contribution is 2.36. The van der Waals surface area contributed by atoms with Crippen molar-refractivity contribution in [3.63, 3.8) is 0 Å². The van der Waals surface area contributed by atoms with Gasteiger partial charge in [-0.1, -0.05) is 12.6 Å². The number of esters is 1. The van der Waals surface area contributed by atoms with E-state index in [9.17, 15) is 4.79 Å². The molecule has 0 fully saturated rings. The van der Waals surface area contributed by atoms with Crippen LogP contribution in [0.5, 0.6) is 11.5 Å². The summed E-state index contributed by atoms with van der Waals surface area (Å²) in [7, 11) is 0. The van der Waals surface area contributed by atoms with E-state index >= 15 is 0 Å². The summed E-state index contributed by atoms with van der Waals surface area (Å²) in [4.78, 5) is 11.4. The van der Waals surface area contributed by atoms with Gasteiger partial charge in [-0.3, -0.25) is 4.79 Å². The standard InChI is InChI=1S/C16H18O5/c1-4-12(9-18-5-2)16(21-11(3)17)13-6-7-14-15(8-13)20-10-19-14/h6-8,16H,1,5,9-10H2,2-3H3. The van der Waals surface area contributed by atoms with Crippen LogP contribution in [0.4, 0.5) is 0 Å². The normalized spacial score (nSPS) is 13.4. The molecule has 112 valence electrons. The maximum atomic E-state index is 11.4. The lowest BCUT2D eigenvalue weighted by Crippen LogP contribution is -2.14. The molecule has 1 aliphatic rings. The predicted molar refractivity (Wildman–Crippen MR) is 76.2 cm³/mol. The van der Waals surface area contributed by atoms with Gasteiger partial charge in [0, 0.05) is 24.7 Å². The maximum Gasteiger partial charge on any atom is 0.303 e. The zero-order valence-corrected chi connectivity index (χ0v) is 12.2. The Hall–Kier alpha value is -2.23. The molecule has 1 aliphatic heterocycles. The Kier molecular flexibility index (Phi) is 5.04. The first kappa shape index (κ1) is 15.2. The molecule has 0 saturated carbocycles. The third kappa shape index (κ3) is 3.66. The van der Waals surface area contributed by atoms with E-state index in [0.29, 0.717) is 30.3 Å². The Bertz CT molecular complexity index is 572. The summed E-state index contributed by atoms with van der Waals surface area (Å²) in [6, 6.07) is 5.40. The fourth-order valence-electron chi connectivity index (χ4n) is 2.01. The highest BCUT2D eigenvalue weighted by molar-refractivity contribution is 5.67. The van der Waals surface area contributed by atoms with Gasteiger partial charge >= 0.3 is 5.97 Å². The van der Waals surface area contributed by atoms with Crippen LogP contribution >= 0.6 is 0 Å². The van der Waals surface area contributed by atoms with Crippen molar-refractivity contribution in [3.8, 4) is 11.5 Å². The number of hydrogen-bond acceptors (Lipinski definition) is 5. The molecule has 1 atom stereocenters. The Labute approximate surface area is 123 Å². The summed E-state index contributed by atoms with van der Waals surface area (Å²) >= 11 is 0. The number of rotatable bonds is 6. The second-order valence-electron chi connectivity index (χ2n) is 4.44. The first-order valence-corrected chi connectivity index (χ1v) is 6.69. The minimum atomic E-state index is -0.596. The SMILES string of the molecule is C=C=C(COCC)C(OC(C)=O)c1ccc2c(c1)OCO2. The summed E-state index contributed by atoms with van der Waals surface area (Å²) in [5.74, 6) is 0.917. The van der Waals surface area contributed by atoms with Crippen LogP contribution in [0.2, 0.25) is 0 Å². The second-order valence-corrected chi connectivity index (χ2v) is 4.44. The topological polar surface area (TPSA) is 54.0 Å². The average molecular weight is 290 g/mol. The summed E-state index contributed by atoms with van der Waals surface area (Å²) in [5, 5.41) is 0. The van der Waals surface area contributed by atoms with E-state index in [1.165, 1.54) is 6.92 Å². The van der Waals surface area contributed by atoms with Crippen molar-refractivity contribution in [3.05, 3.63) is 41.6 Å². The van der Waals surface area contributed by atoms with Gasteiger partial charge in [-0.05, 0) is 19.1 Å². The highest BCUT2D eigenvalue weighted by atomic mass is 16.7. The molecule has 0 amide bonds. The molecule has 0 aliphatic carbocycles. The first-order chi connectivity index (χ1) is 10.2. The molecule has 5 heteroatoms. The van der Waals surface area contributed by atoms with E-state index in [1.807, 2.05) is 13.0 Å². The molecule has 2 rings (SSSR count). The van der Waals surface area contributed by atoms with Crippen molar-refractivity contribution in [2.75, 3.05) is 20.0 Å². The van der Waals surface area contributed by atoms with Gasteiger partial charge in [-0.25, -0.2) is 0 Å². The monoisotopic (exact) mass is 290 g/mol. The minimum absolute atomic E-state index is 0.195. The largest absolute Gasteiger partial charge is 0.454 e. The number of carbonyl (C=O) groups excluding carboxylic acids is 1. The van der Waals surface area contributed by atoms with Crippen LogP contribution in [0.3, 0.4) is 0 Å². The summed E-state index contributed by atoms with van der Waals surface area (Å²) in [6.07, 6.45) is -0.596. The Morgan fingerprint density at radius 1 is 1.43 bits per heavy atom. The lowest BCUT2D eigenvalue weighted by Gasteiger charge is -2.19. The van der Waals surface area contributed by atoms with E-state index in [1.54, 1.807) is 12.1 Å². The first-order valence-electron chi connectivity index (χ1n) is 6.69. The Balaban J connectivity index is 2.30. The molecule has 0 bridgehead atoms. The molecule has 1 aromatic carbocycles. The molecule has 0 aromatic heterocycles. The van der Waals surface area contributed by atoms with Crippen LogP contribution in [0.1, 0.15) is 25.5 Å². The summed E-state index contributed by atoms with van der Waals surface area (Å²) in [6.45, 7) is 7.95. The van der Waals surface area contributed by atoms with E-state index < -0.39 is 6.10 Å². The molecule has 0 saturated heterocycles. The highest BCUT2D eigenvalue weighted by Gasteiger charge is 2.23. The molecule has 0 radical (unpaired) electrons. The van der Waals surface area contributed by atoms with Gasteiger partial charge in [0.1, 0.15) is 0 Å². The third-order valence-corrected chi connectivity index (χ3v) is 2.99. The molecule has 0 spiro atoms. The van der Waals surface area contributed by atoms with Crippen LogP contribution in [0.25, 0.3) is 0 Å². The molecule has 5 nitrogen and oxygen atoms in total. The molecular weight excluding hydrogens is 272 g/mol. The van der Waals surface area contributed by atoms with Crippen LogP contribution in [0.15, 0.2) is 36.1 Å². The Morgan fingerprint density at radius 2 is 2.19 bits per heavy atom. The van der Waals surface area contributed by atoms with E-state index in [4.69, 9.17) is 18.9 Å². The summed E-state index contributed by atoms with van der Waals surface area (Å²) < 4.78 is 21.4. The van der Waals surface area contributed by atoms with Gasteiger partial charge in [-0.15, -0.1) is 5.73 Å². The van der Waals surface area contributed by atoms with E-state index in [0.717, 1.165) is 5.56 Å². The fourth-order valence-corrected chi connectivity index (χ4v) is 2.01. The third-order valence-electron chi connectivity index (χ3n) is 2.99. The van der Waals surface area contributed by atoms with Crippen LogP contribution in [-0.2, 0) is 14.3 Å². The van der Waals surface area contributed by atoms with Crippen LogP contribution < -0.4 is 9.47 Å². The van der Waals surface area contributed by atoms with E-state index in [2.05, 4.69) is 12.3 Å². The zero-order valence-electron chi connectivity index (χ0n) is 12.2. The van der Waals surface area contributed by atoms with Crippen molar-refractivity contribution in [1.82, 2.24) is 0 Å². The number of fused-ring (bicyclic) bond motifs is 1. The second kappa shape index (κ2) is 6.97. The van der Waals surface area contributed by atoms with E-state index in [-0.39, 0.29) is 12.8 Å². The van der Waals surface area contributed by atoms with Crippen molar-refractivity contribution in [2.24, 2.45) is 0 Å². The number of ether oxygens (including phenoxy) is 4. The van der Waals surface area contributed by atoms with Crippen LogP contribution in [0, 0.1) is 0 Å². The number of hydrogen-bond donors (Lipinski definition) is 0. The molecule has 0 N–H and O–H groups in total. The molecule has 1 unspecified atom stereocenters. The van der Waals surface area contributed by atoms with Crippen molar-refractivity contribution >= 4 is 5.97 Å². The molecule has 21 heavy (non-hydrogen) atoms. The number of benzene rings is 1. The lowest BCUT2D eigenvalue weighted by atomic mass is 10.0. The van der Waals surface area contributed by atoms with Gasteiger partial charge in [0.15, 0.2) is 17.6 Å². The molecule has 1 aromatic rings. The predicted octanol–water partition coefficient (Wildman–Crippen LogP) is 2.77. The zero-order chi connectivity index (χ0) is 15.2. The fraction of sp³-hybridized carbons (Fsp3) is 0.375. The van der Waals surface area contributed by atoms with Gasteiger partial charge in [0.2, 0.25) is 6.79 Å². The van der Waals surface area contributed by atoms with Crippen molar-refractivity contribution < 1.29 is 23.7 Å². The maximum absolute atomic E-state index is 11.4. The van der Waals surface area contributed by atoms with Gasteiger partial charge in [0.25, 0.3) is 0 Å². The quantitative estimate of drug-likeness (QED) is 0.595. The number of carbonyl (C=O) groups is 1. The van der Waals surface area contributed by atoms with Crippen LogP contribution in [-0.4, -0.2) is 26.0 Å². The van der Waals surface area contributed by atoms with Gasteiger partial charge < -0.3 is 18.9 Å². The lowest BCUT2D eigenvalue weighted by molar-refractivity contribution is -0.145.